The minimum atomic E-state index is -0.211. The molecule has 0 amide bonds. The maximum absolute atomic E-state index is 9.82. The number of nitrogens with zero attached hydrogens (tertiary/aromatic N) is 1. The van der Waals surface area contributed by atoms with Crippen LogP contribution >= 0.6 is 0 Å². The summed E-state index contributed by atoms with van der Waals surface area (Å²) in [7, 11) is 0. The van der Waals surface area contributed by atoms with E-state index in [4.69, 9.17) is 5.21 Å². The van der Waals surface area contributed by atoms with E-state index in [2.05, 4.69) is 9.89 Å². The molecule has 0 rings (SSSR count). The molecule has 0 spiro atoms. The Morgan fingerprint density at radius 1 is 1.42 bits per heavy atom. The number of carbonyl (C=O) groups is 1. The van der Waals surface area contributed by atoms with Gasteiger partial charge in [0, 0.05) is 6.92 Å². The van der Waals surface area contributed by atoms with Gasteiger partial charge in [-0.1, -0.05) is 12.1 Å². The second-order valence-corrected chi connectivity index (χ2v) is 2.11. The van der Waals surface area contributed by atoms with Crippen LogP contribution in [0.1, 0.15) is 34.1 Å². The van der Waals surface area contributed by atoms with Gasteiger partial charge in [-0.3, -0.25) is 4.79 Å². The summed E-state index contributed by atoms with van der Waals surface area (Å²) in [5.41, 5.74) is 0.773. The van der Waals surface area contributed by atoms with Gasteiger partial charge in [0.25, 0.3) is 0 Å². The highest BCUT2D eigenvalue weighted by atomic mass is 16.5. The van der Waals surface area contributed by atoms with Crippen LogP contribution in [0.25, 0.3) is 0 Å². The molecule has 4 heteroatoms. The molecular formula is C8H17NO3. The largest absolute Gasteiger partial charge is 0.466 e. The van der Waals surface area contributed by atoms with Crippen LogP contribution < -0.4 is 0 Å². The van der Waals surface area contributed by atoms with Crippen LogP contribution in [0.2, 0.25) is 0 Å². The third kappa shape index (κ3) is 16.0. The molecule has 0 saturated carbocycles. The molecule has 0 aromatic heterocycles. The van der Waals surface area contributed by atoms with Crippen LogP contribution in [0, 0.1) is 0 Å². The average Bonchev–Trinajstić information content (AvgIpc) is 2.04. The summed E-state index contributed by atoms with van der Waals surface area (Å²) in [6.45, 7) is 7.37. The van der Waals surface area contributed by atoms with E-state index in [1.54, 1.807) is 13.8 Å². The van der Waals surface area contributed by atoms with E-state index in [1.807, 2.05) is 6.92 Å². The molecule has 0 aromatic carbocycles. The van der Waals surface area contributed by atoms with Crippen molar-refractivity contribution in [2.45, 2.75) is 34.1 Å². The number of rotatable bonds is 2. The Balaban J connectivity index is 0. The molecule has 0 bridgehead atoms. The molecule has 0 fully saturated rings. The summed E-state index contributed by atoms with van der Waals surface area (Å²) in [4.78, 5) is 9.82. The summed E-state index contributed by atoms with van der Waals surface area (Å²) < 4.78 is 4.40. The van der Waals surface area contributed by atoms with Crippen LogP contribution in [0.3, 0.4) is 0 Å². The maximum atomic E-state index is 9.82. The third-order valence-electron chi connectivity index (χ3n) is 1.03. The van der Waals surface area contributed by atoms with E-state index in [0.717, 1.165) is 12.1 Å². The zero-order chi connectivity index (χ0) is 9.98. The van der Waals surface area contributed by atoms with Crippen molar-refractivity contribution >= 4 is 11.7 Å². The minimum absolute atomic E-state index is 0.211. The Morgan fingerprint density at radius 2 is 1.92 bits per heavy atom. The zero-order valence-electron chi connectivity index (χ0n) is 8.13. The van der Waals surface area contributed by atoms with Crippen molar-refractivity contribution in [3.05, 3.63) is 0 Å². The summed E-state index contributed by atoms with van der Waals surface area (Å²) in [6.07, 6.45) is 0.830. The minimum Gasteiger partial charge on any atom is -0.466 e. The lowest BCUT2D eigenvalue weighted by atomic mass is 10.3. The van der Waals surface area contributed by atoms with Crippen LogP contribution in [0.15, 0.2) is 5.16 Å². The van der Waals surface area contributed by atoms with Gasteiger partial charge in [0.05, 0.1) is 12.3 Å². The molecule has 0 heterocycles. The molecule has 0 aliphatic heterocycles. The van der Waals surface area contributed by atoms with Crippen LogP contribution in [-0.4, -0.2) is 23.5 Å². The van der Waals surface area contributed by atoms with E-state index in [0.29, 0.717) is 6.61 Å². The van der Waals surface area contributed by atoms with Gasteiger partial charge in [0.2, 0.25) is 0 Å². The van der Waals surface area contributed by atoms with E-state index < -0.39 is 0 Å². The first kappa shape index (κ1) is 13.5. The Bertz CT molecular complexity index is 143. The monoisotopic (exact) mass is 175 g/mol. The number of esters is 1. The number of hydrogen-bond acceptors (Lipinski definition) is 4. The Hall–Kier alpha value is -1.06. The second kappa shape index (κ2) is 9.94. The highest BCUT2D eigenvalue weighted by molar-refractivity contribution is 5.80. The lowest BCUT2D eigenvalue weighted by molar-refractivity contribution is -0.140. The summed E-state index contributed by atoms with van der Waals surface area (Å²) >= 11 is 0. The van der Waals surface area contributed by atoms with E-state index >= 15 is 0 Å². The number of carbonyl (C=O) groups excluding carboxylic acids is 1. The molecule has 0 saturated heterocycles. The molecular weight excluding hydrogens is 158 g/mol. The van der Waals surface area contributed by atoms with Gasteiger partial charge >= 0.3 is 5.97 Å². The molecule has 0 aliphatic carbocycles. The normalized spacial score (nSPS) is 9.83. The van der Waals surface area contributed by atoms with Gasteiger partial charge in [-0.2, -0.15) is 0 Å². The predicted octanol–water partition coefficient (Wildman–Crippen LogP) is 1.82. The van der Waals surface area contributed by atoms with Crippen LogP contribution in [0.4, 0.5) is 0 Å². The lowest BCUT2D eigenvalue weighted by Crippen LogP contribution is -1.95. The SMILES string of the molecule is CCC(C)=NO.CCOC(C)=O. The number of hydrogen-bond donors (Lipinski definition) is 1. The van der Waals surface area contributed by atoms with E-state index in [9.17, 15) is 4.79 Å². The predicted molar refractivity (Wildman–Crippen MR) is 47.5 cm³/mol. The highest BCUT2D eigenvalue weighted by Gasteiger charge is 1.81. The number of oxime groups is 1. The third-order valence-corrected chi connectivity index (χ3v) is 1.03. The summed E-state index contributed by atoms with van der Waals surface area (Å²) in [5.74, 6) is -0.211. The molecule has 4 nitrogen and oxygen atoms in total. The second-order valence-electron chi connectivity index (χ2n) is 2.11. The molecule has 0 aliphatic rings. The first-order valence-corrected chi connectivity index (χ1v) is 3.89. The first-order chi connectivity index (χ1) is 5.58. The average molecular weight is 175 g/mol. The van der Waals surface area contributed by atoms with Gasteiger partial charge in [0.15, 0.2) is 0 Å². The maximum Gasteiger partial charge on any atom is 0.302 e. The fourth-order valence-electron chi connectivity index (χ4n) is 0.274. The molecule has 1 N–H and O–H groups in total. The van der Waals surface area contributed by atoms with Crippen LogP contribution in [0.5, 0.6) is 0 Å². The molecule has 0 radical (unpaired) electrons. The zero-order valence-corrected chi connectivity index (χ0v) is 8.13. The van der Waals surface area contributed by atoms with Crippen molar-refractivity contribution in [2.75, 3.05) is 6.61 Å². The van der Waals surface area contributed by atoms with Crippen molar-refractivity contribution in [3.8, 4) is 0 Å². The van der Waals surface area contributed by atoms with Gasteiger partial charge in [0.1, 0.15) is 0 Å². The molecule has 0 atom stereocenters. The summed E-state index contributed by atoms with van der Waals surface area (Å²) in [6, 6.07) is 0. The van der Waals surface area contributed by atoms with Crippen molar-refractivity contribution in [3.63, 3.8) is 0 Å². The van der Waals surface area contributed by atoms with Gasteiger partial charge in [-0.15, -0.1) is 0 Å². The fraction of sp³-hybridized carbons (Fsp3) is 0.750. The van der Waals surface area contributed by atoms with Gasteiger partial charge in [-0.25, -0.2) is 0 Å². The van der Waals surface area contributed by atoms with E-state index in [-0.39, 0.29) is 5.97 Å². The van der Waals surface area contributed by atoms with Crippen molar-refractivity contribution < 1.29 is 14.7 Å². The summed E-state index contributed by atoms with van der Waals surface area (Å²) in [5, 5.41) is 10.8. The Kier molecular flexibility index (Phi) is 11.2. The lowest BCUT2D eigenvalue weighted by Gasteiger charge is -1.89. The van der Waals surface area contributed by atoms with E-state index in [1.165, 1.54) is 6.92 Å². The standard InChI is InChI=1S/C4H9NO.C4H8O2/c1-3-4(2)5-6;1-3-6-4(2)5/h6H,3H2,1-2H3;3H2,1-2H3. The quantitative estimate of drug-likeness (QED) is 0.301. The van der Waals surface area contributed by atoms with Crippen molar-refractivity contribution in [1.82, 2.24) is 0 Å². The topological polar surface area (TPSA) is 58.9 Å². The molecule has 72 valence electrons. The van der Waals surface area contributed by atoms with Gasteiger partial charge < -0.3 is 9.94 Å². The van der Waals surface area contributed by atoms with Crippen molar-refractivity contribution in [1.29, 1.82) is 0 Å². The molecule has 0 unspecified atom stereocenters. The smallest absolute Gasteiger partial charge is 0.302 e. The van der Waals surface area contributed by atoms with Crippen molar-refractivity contribution in [2.24, 2.45) is 5.16 Å². The Morgan fingerprint density at radius 3 is 1.92 bits per heavy atom. The molecule has 12 heavy (non-hydrogen) atoms. The first-order valence-electron chi connectivity index (χ1n) is 3.89. The fourth-order valence-corrected chi connectivity index (χ4v) is 0.274. The number of ether oxygens (including phenoxy) is 1. The van der Waals surface area contributed by atoms with Crippen LogP contribution in [-0.2, 0) is 9.53 Å². The molecule has 0 aromatic rings. The van der Waals surface area contributed by atoms with Gasteiger partial charge in [-0.05, 0) is 20.3 Å². The highest BCUT2D eigenvalue weighted by Crippen LogP contribution is 1.78. The Labute approximate surface area is 73.2 Å².